The van der Waals surface area contributed by atoms with Gasteiger partial charge >= 0.3 is 5.97 Å². The van der Waals surface area contributed by atoms with E-state index >= 15 is 0 Å². The molecule has 0 N–H and O–H groups in total. The molecule has 0 radical (unpaired) electrons. The highest BCUT2D eigenvalue weighted by Crippen LogP contribution is 2.18. The Hall–Kier alpha value is -2.07. The van der Waals surface area contributed by atoms with Crippen molar-refractivity contribution in [2.75, 3.05) is 6.61 Å². The first-order chi connectivity index (χ1) is 11.7. The van der Waals surface area contributed by atoms with Gasteiger partial charge in [-0.3, -0.25) is 4.79 Å². The fraction of sp³-hybridized carbons (Fsp3) is 0.500. The van der Waals surface area contributed by atoms with Crippen molar-refractivity contribution < 1.29 is 18.1 Å². The standard InChI is InChI=1S/C18H23FN2O3S/c1-5-24-17(22)14(12-20)8-11-16(21-25(23)18(2,3)4)13-6-9-15(19)10-7-13/h6-7,9-10,14H,5,8,11H2,1-4H3/t14?,25-/m0/s1. The highest BCUT2D eigenvalue weighted by atomic mass is 32.2. The van der Waals surface area contributed by atoms with Crippen LogP contribution in [0.2, 0.25) is 0 Å². The van der Waals surface area contributed by atoms with E-state index in [0.717, 1.165) is 0 Å². The van der Waals surface area contributed by atoms with E-state index in [4.69, 9.17) is 10.00 Å². The second kappa shape index (κ2) is 9.42. The number of hydrogen-bond acceptors (Lipinski definition) is 4. The summed E-state index contributed by atoms with van der Waals surface area (Å²) in [6.07, 6.45) is 0.442. The molecule has 0 aliphatic carbocycles. The minimum Gasteiger partial charge on any atom is -0.465 e. The van der Waals surface area contributed by atoms with Crippen molar-refractivity contribution >= 4 is 22.7 Å². The fourth-order valence-corrected chi connectivity index (χ4v) is 2.55. The van der Waals surface area contributed by atoms with Gasteiger partial charge in [0.1, 0.15) is 22.7 Å². The number of halogens is 1. The molecular weight excluding hydrogens is 343 g/mol. The fourth-order valence-electron chi connectivity index (χ4n) is 1.88. The highest BCUT2D eigenvalue weighted by molar-refractivity contribution is 7.85. The molecule has 136 valence electrons. The van der Waals surface area contributed by atoms with E-state index in [9.17, 15) is 13.4 Å². The summed E-state index contributed by atoms with van der Waals surface area (Å²) < 4.78 is 34.1. The summed E-state index contributed by atoms with van der Waals surface area (Å²) in [6.45, 7) is 7.26. The normalized spacial score (nSPS) is 14.5. The van der Waals surface area contributed by atoms with Crippen molar-refractivity contribution in [3.63, 3.8) is 0 Å². The first-order valence-corrected chi connectivity index (χ1v) is 9.11. The van der Waals surface area contributed by atoms with Gasteiger partial charge in [0.05, 0.1) is 23.1 Å². The highest BCUT2D eigenvalue weighted by Gasteiger charge is 2.23. The average molecular weight is 366 g/mol. The Kier molecular flexibility index (Phi) is 7.91. The average Bonchev–Trinajstić information content (AvgIpc) is 2.54. The second-order valence-electron chi connectivity index (χ2n) is 6.38. The van der Waals surface area contributed by atoms with Gasteiger partial charge in [-0.1, -0.05) is 12.1 Å². The summed E-state index contributed by atoms with van der Waals surface area (Å²) in [5, 5.41) is 9.15. The summed E-state index contributed by atoms with van der Waals surface area (Å²) in [6, 6.07) is 7.58. The molecule has 0 saturated carbocycles. The molecule has 7 heteroatoms. The van der Waals surface area contributed by atoms with Gasteiger partial charge in [0.15, 0.2) is 0 Å². The van der Waals surface area contributed by atoms with Crippen LogP contribution in [0.1, 0.15) is 46.1 Å². The zero-order chi connectivity index (χ0) is 19.0. The Morgan fingerprint density at radius 1 is 1.36 bits per heavy atom. The van der Waals surface area contributed by atoms with E-state index < -0.39 is 27.6 Å². The topological polar surface area (TPSA) is 79.5 Å². The summed E-state index contributed by atoms with van der Waals surface area (Å²) in [5.41, 5.74) is 1.08. The predicted octanol–water partition coefficient (Wildman–Crippen LogP) is 3.56. The van der Waals surface area contributed by atoms with Crippen LogP contribution >= 0.6 is 0 Å². The molecule has 1 aromatic rings. The molecule has 0 fully saturated rings. The van der Waals surface area contributed by atoms with Gasteiger partial charge in [0, 0.05) is 0 Å². The Morgan fingerprint density at radius 2 is 1.96 bits per heavy atom. The lowest BCUT2D eigenvalue weighted by Crippen LogP contribution is -2.22. The molecule has 0 aromatic heterocycles. The Bertz CT molecular complexity index is 688. The quantitative estimate of drug-likeness (QED) is 0.546. The molecule has 0 heterocycles. The van der Waals surface area contributed by atoms with Crippen LogP contribution < -0.4 is 0 Å². The third-order valence-corrected chi connectivity index (χ3v) is 4.73. The molecule has 5 nitrogen and oxygen atoms in total. The number of hydrogen-bond donors (Lipinski definition) is 0. The molecular formula is C18H23FN2O3S. The molecule has 2 atom stereocenters. The number of carbonyl (C=O) groups excluding carboxylic acids is 1. The first-order valence-electron chi connectivity index (χ1n) is 8.00. The number of ether oxygens (including phenoxy) is 1. The monoisotopic (exact) mass is 366 g/mol. The largest absolute Gasteiger partial charge is 0.465 e. The van der Waals surface area contributed by atoms with E-state index in [-0.39, 0.29) is 25.3 Å². The molecule has 0 aliphatic heterocycles. The lowest BCUT2D eigenvalue weighted by atomic mass is 9.99. The SMILES string of the molecule is CCOC(=O)C(C#N)CCC(=N[S@@](=O)C(C)(C)C)c1ccc(F)cc1. The van der Waals surface area contributed by atoms with Crippen LogP contribution in [-0.4, -0.2) is 27.2 Å². The van der Waals surface area contributed by atoms with Crippen molar-refractivity contribution in [2.24, 2.45) is 10.3 Å². The Labute approximate surface area is 150 Å². The van der Waals surface area contributed by atoms with E-state index in [1.807, 2.05) is 6.07 Å². The Morgan fingerprint density at radius 3 is 2.44 bits per heavy atom. The zero-order valence-electron chi connectivity index (χ0n) is 14.9. The number of nitriles is 1. The van der Waals surface area contributed by atoms with Crippen LogP contribution in [0.3, 0.4) is 0 Å². The predicted molar refractivity (Wildman–Crippen MR) is 95.8 cm³/mol. The first kappa shape index (κ1) is 21.0. The number of benzene rings is 1. The van der Waals surface area contributed by atoms with Gasteiger partial charge in [-0.05, 0) is 58.2 Å². The zero-order valence-corrected chi connectivity index (χ0v) is 15.7. The number of carbonyl (C=O) groups is 1. The molecule has 0 bridgehead atoms. The molecule has 0 aliphatic rings. The van der Waals surface area contributed by atoms with Crippen molar-refractivity contribution in [3.05, 3.63) is 35.6 Å². The van der Waals surface area contributed by atoms with Crippen molar-refractivity contribution in [3.8, 4) is 6.07 Å². The van der Waals surface area contributed by atoms with E-state index in [1.165, 1.54) is 12.1 Å². The van der Waals surface area contributed by atoms with Crippen LogP contribution in [0.25, 0.3) is 0 Å². The maximum Gasteiger partial charge on any atom is 0.323 e. The van der Waals surface area contributed by atoms with E-state index in [2.05, 4.69) is 4.40 Å². The summed E-state index contributed by atoms with van der Waals surface area (Å²) in [5.74, 6) is -1.89. The Balaban J connectivity index is 3.05. The third-order valence-electron chi connectivity index (χ3n) is 3.29. The smallest absolute Gasteiger partial charge is 0.323 e. The maximum absolute atomic E-state index is 13.2. The second-order valence-corrected chi connectivity index (χ2v) is 8.28. The molecule has 0 spiro atoms. The van der Waals surface area contributed by atoms with Gasteiger partial charge in [-0.2, -0.15) is 9.66 Å². The maximum atomic E-state index is 13.2. The van der Waals surface area contributed by atoms with Crippen LogP contribution in [0.15, 0.2) is 28.7 Å². The van der Waals surface area contributed by atoms with Gasteiger partial charge in [-0.15, -0.1) is 0 Å². The summed E-state index contributed by atoms with van der Waals surface area (Å²) in [7, 11) is -1.51. The third kappa shape index (κ3) is 6.75. The minimum atomic E-state index is -1.51. The van der Waals surface area contributed by atoms with Crippen LogP contribution in [0.4, 0.5) is 4.39 Å². The van der Waals surface area contributed by atoms with Crippen LogP contribution in [0.5, 0.6) is 0 Å². The van der Waals surface area contributed by atoms with Crippen molar-refractivity contribution in [1.82, 2.24) is 0 Å². The van der Waals surface area contributed by atoms with Crippen molar-refractivity contribution in [1.29, 1.82) is 5.26 Å². The minimum absolute atomic E-state index is 0.187. The number of esters is 1. The van der Waals surface area contributed by atoms with E-state index in [0.29, 0.717) is 11.3 Å². The molecule has 0 saturated heterocycles. The van der Waals surface area contributed by atoms with Gasteiger partial charge in [0.2, 0.25) is 0 Å². The molecule has 0 amide bonds. The van der Waals surface area contributed by atoms with Crippen LogP contribution in [-0.2, 0) is 20.5 Å². The van der Waals surface area contributed by atoms with E-state index in [1.54, 1.807) is 39.8 Å². The lowest BCUT2D eigenvalue weighted by molar-refractivity contribution is -0.146. The molecule has 1 rings (SSSR count). The molecule has 1 aromatic carbocycles. The molecule has 25 heavy (non-hydrogen) atoms. The van der Waals surface area contributed by atoms with Gasteiger partial charge in [-0.25, -0.2) is 8.60 Å². The van der Waals surface area contributed by atoms with Crippen molar-refractivity contribution in [2.45, 2.75) is 45.3 Å². The van der Waals surface area contributed by atoms with Crippen LogP contribution in [0, 0.1) is 23.1 Å². The van der Waals surface area contributed by atoms with Gasteiger partial charge < -0.3 is 4.74 Å². The molecule has 1 unspecified atom stereocenters. The number of rotatable bonds is 7. The lowest BCUT2D eigenvalue weighted by Gasteiger charge is -2.16. The number of nitrogens with zero attached hydrogens (tertiary/aromatic N) is 2. The van der Waals surface area contributed by atoms with Gasteiger partial charge in [0.25, 0.3) is 0 Å². The summed E-state index contributed by atoms with van der Waals surface area (Å²) in [4.78, 5) is 11.8. The summed E-state index contributed by atoms with van der Waals surface area (Å²) >= 11 is 0.